The second kappa shape index (κ2) is 9.17. The number of carbonyl (C=O) groups is 2. The number of halogens is 4. The van der Waals surface area contributed by atoms with Crippen molar-refractivity contribution in [3.63, 3.8) is 0 Å². The molecule has 1 heterocycles. The van der Waals surface area contributed by atoms with E-state index < -0.39 is 34.5 Å². The maximum atomic E-state index is 13.1. The molecular weight excluding hydrogens is 429 g/mol. The van der Waals surface area contributed by atoms with E-state index in [1.807, 2.05) is 0 Å². The standard InChI is InChI=1S/C18H18ClF3N4O2S/c19-10-6-7-13(12(8-10)18(20,21)22)23-15(27)9-14-16(28)24-17(29-14)26-25-11-4-2-1-3-5-11/h6-8,14H,1-5,9H2,(H,23,27)(H,24,26,28)/t14-/m1/s1. The highest BCUT2D eigenvalue weighted by molar-refractivity contribution is 8.15. The largest absolute Gasteiger partial charge is 0.418 e. The Morgan fingerprint density at radius 1 is 1.24 bits per heavy atom. The lowest BCUT2D eigenvalue weighted by atomic mass is 9.99. The van der Waals surface area contributed by atoms with Gasteiger partial charge in [0, 0.05) is 17.2 Å². The third-order valence-electron chi connectivity index (χ3n) is 4.42. The summed E-state index contributed by atoms with van der Waals surface area (Å²) in [5.74, 6) is -1.15. The molecule has 1 aliphatic heterocycles. The highest BCUT2D eigenvalue weighted by atomic mass is 35.5. The lowest BCUT2D eigenvalue weighted by Gasteiger charge is -2.14. The van der Waals surface area contributed by atoms with Crippen LogP contribution < -0.4 is 10.6 Å². The van der Waals surface area contributed by atoms with Gasteiger partial charge < -0.3 is 10.6 Å². The molecule has 29 heavy (non-hydrogen) atoms. The minimum atomic E-state index is -4.68. The first-order valence-electron chi connectivity index (χ1n) is 9.00. The number of nitrogens with one attached hydrogen (secondary N) is 2. The van der Waals surface area contributed by atoms with Crippen LogP contribution in [0.1, 0.15) is 44.1 Å². The number of amidine groups is 1. The van der Waals surface area contributed by atoms with Gasteiger partial charge in [0.1, 0.15) is 5.25 Å². The molecule has 0 radical (unpaired) electrons. The monoisotopic (exact) mass is 446 g/mol. The summed E-state index contributed by atoms with van der Waals surface area (Å²) in [4.78, 5) is 24.3. The number of alkyl halides is 3. The Kier molecular flexibility index (Phi) is 6.84. The molecule has 1 aromatic carbocycles. The number of nitrogens with zero attached hydrogens (tertiary/aromatic N) is 2. The summed E-state index contributed by atoms with van der Waals surface area (Å²) in [6.07, 6.45) is 0.0833. The second-order valence-corrected chi connectivity index (χ2v) is 8.30. The average Bonchev–Trinajstić information content (AvgIpc) is 3.01. The van der Waals surface area contributed by atoms with Crippen molar-refractivity contribution in [3.05, 3.63) is 28.8 Å². The van der Waals surface area contributed by atoms with Crippen LogP contribution in [0.5, 0.6) is 0 Å². The topological polar surface area (TPSA) is 82.9 Å². The Labute approximate surface area is 174 Å². The number of anilines is 1. The van der Waals surface area contributed by atoms with Crippen LogP contribution in [0.25, 0.3) is 0 Å². The van der Waals surface area contributed by atoms with Crippen LogP contribution in [0.15, 0.2) is 28.4 Å². The SMILES string of the molecule is O=C(C[C@H]1S/C(=N/N=C2CCCCC2)NC1=O)Nc1ccc(Cl)cc1C(F)(F)F. The normalized spacial score (nSPS) is 21.2. The molecular formula is C18H18ClF3N4O2S. The summed E-state index contributed by atoms with van der Waals surface area (Å²) in [5, 5.41) is 12.4. The van der Waals surface area contributed by atoms with Crippen LogP contribution in [-0.2, 0) is 15.8 Å². The summed E-state index contributed by atoms with van der Waals surface area (Å²) in [5.41, 5.74) is -0.484. The van der Waals surface area contributed by atoms with Gasteiger partial charge in [-0.15, -0.1) is 5.10 Å². The van der Waals surface area contributed by atoms with Crippen LogP contribution >= 0.6 is 23.4 Å². The van der Waals surface area contributed by atoms with Crippen LogP contribution in [0.2, 0.25) is 5.02 Å². The molecule has 11 heteroatoms. The number of carbonyl (C=O) groups excluding carboxylic acids is 2. The molecule has 3 rings (SSSR count). The first kappa shape index (κ1) is 21.6. The Bertz CT molecular complexity index is 865. The molecule has 1 saturated heterocycles. The van der Waals surface area contributed by atoms with E-state index in [-0.39, 0.29) is 16.6 Å². The third kappa shape index (κ3) is 5.96. The van der Waals surface area contributed by atoms with E-state index in [1.54, 1.807) is 0 Å². The van der Waals surface area contributed by atoms with E-state index in [0.717, 1.165) is 55.3 Å². The fourth-order valence-corrected chi connectivity index (χ4v) is 4.08. The Hall–Kier alpha value is -2.07. The van der Waals surface area contributed by atoms with Gasteiger partial charge in [-0.05, 0) is 43.9 Å². The molecule has 0 bridgehead atoms. The van der Waals surface area contributed by atoms with Crippen molar-refractivity contribution in [1.82, 2.24) is 5.32 Å². The highest BCUT2D eigenvalue weighted by Crippen LogP contribution is 2.36. The number of amides is 2. The zero-order valence-corrected chi connectivity index (χ0v) is 16.8. The van der Waals surface area contributed by atoms with Gasteiger partial charge in [0.25, 0.3) is 0 Å². The van der Waals surface area contributed by atoms with E-state index in [1.165, 1.54) is 12.5 Å². The van der Waals surface area contributed by atoms with E-state index in [2.05, 4.69) is 20.8 Å². The second-order valence-electron chi connectivity index (χ2n) is 6.67. The van der Waals surface area contributed by atoms with Crippen LogP contribution in [0.3, 0.4) is 0 Å². The van der Waals surface area contributed by atoms with Crippen molar-refractivity contribution in [2.45, 2.75) is 50.0 Å². The first-order valence-corrected chi connectivity index (χ1v) is 10.3. The molecule has 2 amide bonds. The number of rotatable bonds is 4. The number of thioether (sulfide) groups is 1. The molecule has 6 nitrogen and oxygen atoms in total. The first-order chi connectivity index (χ1) is 13.7. The van der Waals surface area contributed by atoms with Crippen molar-refractivity contribution in [1.29, 1.82) is 0 Å². The zero-order chi connectivity index (χ0) is 21.0. The number of hydrogen-bond acceptors (Lipinski definition) is 5. The molecule has 1 aliphatic carbocycles. The third-order valence-corrected chi connectivity index (χ3v) is 5.73. The molecule has 2 aliphatic rings. The molecule has 2 fully saturated rings. The molecule has 1 atom stereocenters. The average molecular weight is 447 g/mol. The van der Waals surface area contributed by atoms with Gasteiger partial charge in [-0.1, -0.05) is 29.8 Å². The molecule has 0 unspecified atom stereocenters. The van der Waals surface area contributed by atoms with Gasteiger partial charge in [0.15, 0.2) is 5.17 Å². The summed E-state index contributed by atoms with van der Waals surface area (Å²) in [6.45, 7) is 0. The molecule has 0 spiro atoms. The van der Waals surface area contributed by atoms with Gasteiger partial charge in [0.05, 0.1) is 11.3 Å². The predicted octanol–water partition coefficient (Wildman–Crippen LogP) is 4.60. The summed E-state index contributed by atoms with van der Waals surface area (Å²) in [6, 6.07) is 3.07. The molecule has 156 valence electrons. The zero-order valence-electron chi connectivity index (χ0n) is 15.2. The van der Waals surface area contributed by atoms with Crippen molar-refractivity contribution >= 4 is 51.7 Å². The number of hydrogen-bond donors (Lipinski definition) is 2. The molecule has 2 N–H and O–H groups in total. The molecule has 1 aromatic rings. The molecule has 1 saturated carbocycles. The van der Waals surface area contributed by atoms with Gasteiger partial charge in [-0.25, -0.2) is 0 Å². The van der Waals surface area contributed by atoms with Crippen LogP contribution in [0, 0.1) is 0 Å². The van der Waals surface area contributed by atoms with E-state index >= 15 is 0 Å². The van der Waals surface area contributed by atoms with E-state index in [9.17, 15) is 22.8 Å². The molecule has 0 aromatic heterocycles. The Morgan fingerprint density at radius 2 is 1.97 bits per heavy atom. The summed E-state index contributed by atoms with van der Waals surface area (Å²) in [7, 11) is 0. The fourth-order valence-electron chi connectivity index (χ4n) is 2.99. The summed E-state index contributed by atoms with van der Waals surface area (Å²) < 4.78 is 39.4. The van der Waals surface area contributed by atoms with Crippen molar-refractivity contribution < 1.29 is 22.8 Å². The maximum Gasteiger partial charge on any atom is 0.418 e. The van der Waals surface area contributed by atoms with Gasteiger partial charge in [-0.2, -0.15) is 18.3 Å². The maximum absolute atomic E-state index is 13.1. The van der Waals surface area contributed by atoms with Crippen molar-refractivity contribution in [2.24, 2.45) is 10.2 Å². The summed E-state index contributed by atoms with van der Waals surface area (Å²) >= 11 is 6.66. The smallest absolute Gasteiger partial charge is 0.325 e. The van der Waals surface area contributed by atoms with Gasteiger partial charge >= 0.3 is 6.18 Å². The quantitative estimate of drug-likeness (QED) is 0.663. The van der Waals surface area contributed by atoms with Crippen molar-refractivity contribution in [2.75, 3.05) is 5.32 Å². The fraction of sp³-hybridized carbons (Fsp3) is 0.444. The Morgan fingerprint density at radius 3 is 2.66 bits per heavy atom. The Balaban J connectivity index is 1.62. The lowest BCUT2D eigenvalue weighted by molar-refractivity contribution is -0.137. The van der Waals surface area contributed by atoms with E-state index in [4.69, 9.17) is 11.6 Å². The van der Waals surface area contributed by atoms with E-state index in [0.29, 0.717) is 0 Å². The van der Waals surface area contributed by atoms with Crippen molar-refractivity contribution in [3.8, 4) is 0 Å². The lowest BCUT2D eigenvalue weighted by Crippen LogP contribution is -2.28. The minimum Gasteiger partial charge on any atom is -0.325 e. The van der Waals surface area contributed by atoms with Crippen LogP contribution in [0.4, 0.5) is 18.9 Å². The van der Waals surface area contributed by atoms with Crippen LogP contribution in [-0.4, -0.2) is 27.9 Å². The number of benzene rings is 1. The predicted molar refractivity (Wildman–Crippen MR) is 107 cm³/mol. The minimum absolute atomic E-state index is 0.0958. The van der Waals surface area contributed by atoms with Gasteiger partial charge in [-0.3, -0.25) is 9.59 Å². The highest BCUT2D eigenvalue weighted by Gasteiger charge is 2.36. The van der Waals surface area contributed by atoms with Gasteiger partial charge in [0.2, 0.25) is 11.8 Å².